The molecule has 3 aromatic rings. The van der Waals surface area contributed by atoms with E-state index in [4.69, 9.17) is 4.98 Å². The van der Waals surface area contributed by atoms with E-state index in [0.717, 1.165) is 38.2 Å². The number of hydrogen-bond donors (Lipinski definition) is 1. The van der Waals surface area contributed by atoms with E-state index in [2.05, 4.69) is 39.4 Å². The van der Waals surface area contributed by atoms with E-state index in [-0.39, 0.29) is 11.9 Å². The van der Waals surface area contributed by atoms with E-state index in [9.17, 15) is 4.79 Å². The SMILES string of the molecule is C[C@@H](NC(=O)CN1CCN(Cc2nc3ccccc3s2)CC1)c1cccs1. The number of thiophene rings is 1. The minimum Gasteiger partial charge on any atom is -0.348 e. The standard InChI is InChI=1S/C20H24N4OS2/c1-15(17-7-4-12-26-17)21-19(25)13-23-8-10-24(11-9-23)14-20-22-16-5-2-3-6-18(16)27-20/h2-7,12,15H,8-11,13-14H2,1H3,(H,21,25)/t15-/m1/s1. The molecule has 5 nitrogen and oxygen atoms in total. The minimum absolute atomic E-state index is 0.0813. The van der Waals surface area contributed by atoms with E-state index < -0.39 is 0 Å². The van der Waals surface area contributed by atoms with Crippen LogP contribution in [-0.2, 0) is 11.3 Å². The lowest BCUT2D eigenvalue weighted by Crippen LogP contribution is -2.49. The number of carbonyl (C=O) groups excluding carboxylic acids is 1. The van der Waals surface area contributed by atoms with Gasteiger partial charge in [-0.25, -0.2) is 4.98 Å². The molecule has 1 aliphatic heterocycles. The highest BCUT2D eigenvalue weighted by molar-refractivity contribution is 7.18. The van der Waals surface area contributed by atoms with Crippen molar-refractivity contribution in [1.82, 2.24) is 20.1 Å². The number of aromatic nitrogens is 1. The molecule has 1 fully saturated rings. The topological polar surface area (TPSA) is 48.5 Å². The molecular formula is C20H24N4OS2. The minimum atomic E-state index is 0.0813. The second-order valence-corrected chi connectivity index (χ2v) is 9.03. The van der Waals surface area contributed by atoms with Gasteiger partial charge in [0.05, 0.1) is 29.3 Å². The Morgan fingerprint density at radius 2 is 1.93 bits per heavy atom. The summed E-state index contributed by atoms with van der Waals surface area (Å²) in [5.41, 5.74) is 1.09. The lowest BCUT2D eigenvalue weighted by Gasteiger charge is -2.33. The normalized spacial score (nSPS) is 17.2. The van der Waals surface area contributed by atoms with Crippen LogP contribution in [0.25, 0.3) is 10.2 Å². The van der Waals surface area contributed by atoms with E-state index in [0.29, 0.717) is 6.54 Å². The van der Waals surface area contributed by atoms with Gasteiger partial charge in [-0.05, 0) is 30.5 Å². The van der Waals surface area contributed by atoms with Gasteiger partial charge in [-0.2, -0.15) is 0 Å². The van der Waals surface area contributed by atoms with Crippen molar-refractivity contribution in [3.05, 3.63) is 51.7 Å². The van der Waals surface area contributed by atoms with Crippen LogP contribution in [0.1, 0.15) is 22.9 Å². The largest absolute Gasteiger partial charge is 0.348 e. The Kier molecular flexibility index (Phi) is 5.83. The van der Waals surface area contributed by atoms with E-state index in [1.54, 1.807) is 22.7 Å². The molecule has 27 heavy (non-hydrogen) atoms. The maximum Gasteiger partial charge on any atom is 0.234 e. The van der Waals surface area contributed by atoms with E-state index in [1.165, 1.54) is 14.6 Å². The lowest BCUT2D eigenvalue weighted by molar-refractivity contribution is -0.123. The van der Waals surface area contributed by atoms with E-state index >= 15 is 0 Å². The zero-order valence-corrected chi connectivity index (χ0v) is 17.1. The molecule has 7 heteroatoms. The Morgan fingerprint density at radius 3 is 2.67 bits per heavy atom. The maximum atomic E-state index is 12.3. The molecule has 0 bridgehead atoms. The molecule has 1 N–H and O–H groups in total. The fraction of sp³-hybridized carbons (Fsp3) is 0.400. The molecule has 2 aromatic heterocycles. The summed E-state index contributed by atoms with van der Waals surface area (Å²) in [6.07, 6.45) is 0. The van der Waals surface area contributed by atoms with Crippen molar-refractivity contribution < 1.29 is 4.79 Å². The summed E-state index contributed by atoms with van der Waals surface area (Å²) in [5.74, 6) is 0.107. The van der Waals surface area contributed by atoms with Crippen LogP contribution in [0.5, 0.6) is 0 Å². The van der Waals surface area contributed by atoms with Gasteiger partial charge in [-0.1, -0.05) is 18.2 Å². The Hall–Kier alpha value is -1.80. The maximum absolute atomic E-state index is 12.3. The van der Waals surface area contributed by atoms with Crippen LogP contribution in [-0.4, -0.2) is 53.4 Å². The van der Waals surface area contributed by atoms with Gasteiger partial charge < -0.3 is 5.32 Å². The predicted octanol–water partition coefficient (Wildman–Crippen LogP) is 3.35. The molecule has 0 saturated carbocycles. The third-order valence-electron chi connectivity index (χ3n) is 4.88. The third-order valence-corrected chi connectivity index (χ3v) is 6.95. The van der Waals surface area contributed by atoms with Crippen LogP contribution in [0.2, 0.25) is 0 Å². The summed E-state index contributed by atoms with van der Waals surface area (Å²) < 4.78 is 1.25. The van der Waals surface area contributed by atoms with Gasteiger partial charge in [-0.15, -0.1) is 22.7 Å². The molecule has 0 aliphatic carbocycles. The summed E-state index contributed by atoms with van der Waals surface area (Å²) in [6, 6.07) is 12.5. The van der Waals surface area contributed by atoms with Gasteiger partial charge in [0, 0.05) is 31.1 Å². The Labute approximate surface area is 167 Å². The van der Waals surface area contributed by atoms with Gasteiger partial charge in [0.2, 0.25) is 5.91 Å². The number of hydrogen-bond acceptors (Lipinski definition) is 6. The lowest BCUT2D eigenvalue weighted by atomic mass is 10.2. The molecule has 142 valence electrons. The molecule has 1 saturated heterocycles. The molecule has 0 spiro atoms. The number of rotatable bonds is 6. The van der Waals surface area contributed by atoms with Crippen LogP contribution >= 0.6 is 22.7 Å². The zero-order valence-electron chi connectivity index (χ0n) is 15.4. The number of carbonyl (C=O) groups is 1. The molecular weight excluding hydrogens is 376 g/mol. The Morgan fingerprint density at radius 1 is 1.15 bits per heavy atom. The number of nitrogens with zero attached hydrogens (tertiary/aromatic N) is 3. The van der Waals surface area contributed by atoms with Crippen molar-refractivity contribution in [3.63, 3.8) is 0 Å². The molecule has 1 amide bonds. The first-order chi connectivity index (χ1) is 13.2. The fourth-order valence-corrected chi connectivity index (χ4v) is 5.13. The van der Waals surface area contributed by atoms with Crippen molar-refractivity contribution >= 4 is 38.8 Å². The van der Waals surface area contributed by atoms with Crippen LogP contribution < -0.4 is 5.32 Å². The van der Waals surface area contributed by atoms with Gasteiger partial charge in [0.1, 0.15) is 5.01 Å². The first-order valence-corrected chi connectivity index (χ1v) is 11.0. The van der Waals surface area contributed by atoms with Gasteiger partial charge in [0.25, 0.3) is 0 Å². The average Bonchev–Trinajstić information content (AvgIpc) is 3.32. The number of nitrogens with one attached hydrogen (secondary N) is 1. The smallest absolute Gasteiger partial charge is 0.234 e. The van der Waals surface area contributed by atoms with Crippen molar-refractivity contribution in [3.8, 4) is 0 Å². The monoisotopic (exact) mass is 400 g/mol. The number of benzene rings is 1. The number of thiazole rings is 1. The first-order valence-electron chi connectivity index (χ1n) is 9.29. The Balaban J connectivity index is 1.23. The summed E-state index contributed by atoms with van der Waals surface area (Å²) in [6.45, 7) is 7.21. The second kappa shape index (κ2) is 8.48. The van der Waals surface area contributed by atoms with E-state index in [1.807, 2.05) is 24.4 Å². The Bertz CT molecular complexity index is 851. The molecule has 4 rings (SSSR count). The first kappa shape index (κ1) is 18.6. The van der Waals surface area contributed by atoms with Crippen LogP contribution in [0.4, 0.5) is 0 Å². The fourth-order valence-electron chi connectivity index (χ4n) is 3.38. The molecule has 1 aliphatic rings. The number of amides is 1. The molecule has 0 unspecified atom stereocenters. The number of fused-ring (bicyclic) bond motifs is 1. The summed E-state index contributed by atoms with van der Waals surface area (Å²) in [7, 11) is 0. The van der Waals surface area contributed by atoms with Crippen molar-refractivity contribution in [1.29, 1.82) is 0 Å². The predicted molar refractivity (Wildman–Crippen MR) is 112 cm³/mol. The van der Waals surface area contributed by atoms with Crippen LogP contribution in [0.3, 0.4) is 0 Å². The zero-order chi connectivity index (χ0) is 18.6. The quantitative estimate of drug-likeness (QED) is 0.689. The summed E-state index contributed by atoms with van der Waals surface area (Å²) >= 11 is 3.46. The average molecular weight is 401 g/mol. The number of piperazine rings is 1. The highest BCUT2D eigenvalue weighted by Gasteiger charge is 2.21. The molecule has 3 heterocycles. The van der Waals surface area contributed by atoms with Crippen LogP contribution in [0, 0.1) is 0 Å². The van der Waals surface area contributed by atoms with Crippen LogP contribution in [0.15, 0.2) is 41.8 Å². The molecule has 1 atom stereocenters. The summed E-state index contributed by atoms with van der Waals surface area (Å²) in [4.78, 5) is 22.9. The van der Waals surface area contributed by atoms with Gasteiger partial charge in [0.15, 0.2) is 0 Å². The highest BCUT2D eigenvalue weighted by Crippen LogP contribution is 2.23. The highest BCUT2D eigenvalue weighted by atomic mass is 32.1. The van der Waals surface area contributed by atoms with Gasteiger partial charge >= 0.3 is 0 Å². The molecule has 1 aromatic carbocycles. The second-order valence-electron chi connectivity index (χ2n) is 6.93. The summed E-state index contributed by atoms with van der Waals surface area (Å²) in [5, 5.41) is 6.32. The third kappa shape index (κ3) is 4.73. The van der Waals surface area contributed by atoms with Crippen molar-refractivity contribution in [2.45, 2.75) is 19.5 Å². The van der Waals surface area contributed by atoms with Gasteiger partial charge in [-0.3, -0.25) is 14.6 Å². The molecule has 0 radical (unpaired) electrons. The number of para-hydroxylation sites is 1. The van der Waals surface area contributed by atoms with Crippen molar-refractivity contribution in [2.24, 2.45) is 0 Å². The van der Waals surface area contributed by atoms with Crippen molar-refractivity contribution in [2.75, 3.05) is 32.7 Å².